The Morgan fingerprint density at radius 3 is 2.69 bits per heavy atom. The van der Waals surface area contributed by atoms with Gasteiger partial charge < -0.3 is 4.57 Å². The van der Waals surface area contributed by atoms with E-state index in [1.165, 1.54) is 25.3 Å². The average Bonchev–Trinajstić information content (AvgIpc) is 2.96. The molecule has 0 saturated carbocycles. The Morgan fingerprint density at radius 2 is 2.08 bits per heavy atom. The molecule has 0 atom stereocenters. The van der Waals surface area contributed by atoms with E-state index in [2.05, 4.69) is 10.3 Å². The quantitative estimate of drug-likeness (QED) is 0.711. The van der Waals surface area contributed by atoms with Gasteiger partial charge in [-0.05, 0) is 32.0 Å². The van der Waals surface area contributed by atoms with E-state index in [4.69, 9.17) is 0 Å². The lowest BCUT2D eigenvalue weighted by Gasteiger charge is -2.11. The Morgan fingerprint density at radius 1 is 1.35 bits per heavy atom. The number of rotatable bonds is 4. The van der Waals surface area contributed by atoms with Gasteiger partial charge in [-0.25, -0.2) is 9.37 Å². The summed E-state index contributed by atoms with van der Waals surface area (Å²) in [5.41, 5.74) is 0.410. The number of carbonyl (C=O) groups excluding carboxylic acids is 2. The van der Waals surface area contributed by atoms with Gasteiger partial charge in [0.1, 0.15) is 11.4 Å². The molecule has 134 valence electrons. The van der Waals surface area contributed by atoms with Crippen molar-refractivity contribution in [1.29, 1.82) is 0 Å². The third-order valence-corrected chi connectivity index (χ3v) is 5.14. The number of hydrogen-bond donors (Lipinski definition) is 1. The number of fused-ring (bicyclic) bond motifs is 1. The number of hydrogen-bond acceptors (Lipinski definition) is 5. The fourth-order valence-corrected chi connectivity index (χ4v) is 3.59. The number of carbonyl (C=O) groups is 2. The Kier molecular flexibility index (Phi) is 4.69. The van der Waals surface area contributed by atoms with E-state index < -0.39 is 17.2 Å². The van der Waals surface area contributed by atoms with Gasteiger partial charge >= 0.3 is 0 Å². The number of ketones is 1. The molecule has 8 heteroatoms. The largest absolute Gasteiger partial charge is 0.347 e. The van der Waals surface area contributed by atoms with Gasteiger partial charge in [-0.1, -0.05) is 11.3 Å². The van der Waals surface area contributed by atoms with Crippen LogP contribution in [0.4, 0.5) is 9.52 Å². The van der Waals surface area contributed by atoms with Gasteiger partial charge in [-0.15, -0.1) is 0 Å². The molecule has 3 aromatic rings. The van der Waals surface area contributed by atoms with Gasteiger partial charge in [0.25, 0.3) is 5.91 Å². The lowest BCUT2D eigenvalue weighted by molar-refractivity contribution is 0.101. The molecule has 3 rings (SSSR count). The molecule has 0 aliphatic heterocycles. The number of halogens is 1. The zero-order valence-electron chi connectivity index (χ0n) is 14.4. The van der Waals surface area contributed by atoms with Crippen molar-refractivity contribution < 1.29 is 14.0 Å². The van der Waals surface area contributed by atoms with Crippen LogP contribution in [0.3, 0.4) is 0 Å². The maximum atomic E-state index is 13.6. The third kappa shape index (κ3) is 3.15. The second-order valence-electron chi connectivity index (χ2n) is 5.76. The minimum atomic E-state index is -0.646. The summed E-state index contributed by atoms with van der Waals surface area (Å²) in [5.74, 6) is -1.33. The molecular formula is C18H16FN3O3S. The second kappa shape index (κ2) is 6.80. The Labute approximate surface area is 152 Å². The Balaban J connectivity index is 2.06. The summed E-state index contributed by atoms with van der Waals surface area (Å²) in [7, 11) is 0. The minimum absolute atomic E-state index is 0.109. The molecule has 26 heavy (non-hydrogen) atoms. The van der Waals surface area contributed by atoms with E-state index >= 15 is 0 Å². The number of thiazole rings is 1. The first-order chi connectivity index (χ1) is 12.3. The molecule has 0 aliphatic carbocycles. The first-order valence-corrected chi connectivity index (χ1v) is 8.76. The molecule has 0 bridgehead atoms. The molecular weight excluding hydrogens is 357 g/mol. The lowest BCUT2D eigenvalue weighted by atomic mass is 10.1. The fourth-order valence-electron chi connectivity index (χ4n) is 2.73. The zero-order chi connectivity index (χ0) is 19.0. The number of Topliss-reactive ketones (excluding diaryl/α,β-unsaturated/α-hetero) is 1. The zero-order valence-corrected chi connectivity index (χ0v) is 15.2. The molecule has 2 aromatic heterocycles. The topological polar surface area (TPSA) is 81.1 Å². The summed E-state index contributed by atoms with van der Waals surface area (Å²) in [6, 6.07) is 3.91. The monoisotopic (exact) mass is 373 g/mol. The number of nitrogens with one attached hydrogen (secondary N) is 1. The summed E-state index contributed by atoms with van der Waals surface area (Å²) >= 11 is 1.05. The first-order valence-electron chi connectivity index (χ1n) is 7.94. The molecule has 0 unspecified atom stereocenters. The number of aryl methyl sites for hydroxylation is 2. The summed E-state index contributed by atoms with van der Waals surface area (Å²) < 4.78 is 15.3. The van der Waals surface area contributed by atoms with Crippen molar-refractivity contribution in [3.63, 3.8) is 0 Å². The number of aromatic nitrogens is 2. The second-order valence-corrected chi connectivity index (χ2v) is 6.76. The van der Waals surface area contributed by atoms with Crippen LogP contribution in [0.1, 0.15) is 39.6 Å². The number of pyridine rings is 1. The summed E-state index contributed by atoms with van der Waals surface area (Å²) in [4.78, 5) is 41.3. The van der Waals surface area contributed by atoms with Crippen molar-refractivity contribution in [3.05, 3.63) is 56.6 Å². The van der Waals surface area contributed by atoms with Crippen LogP contribution in [0.5, 0.6) is 0 Å². The van der Waals surface area contributed by atoms with Crippen molar-refractivity contribution >= 4 is 39.1 Å². The molecule has 1 amide bonds. The molecule has 0 fully saturated rings. The smallest absolute Gasteiger partial charge is 0.262 e. The highest BCUT2D eigenvalue weighted by molar-refractivity contribution is 7.17. The van der Waals surface area contributed by atoms with E-state index in [9.17, 15) is 18.8 Å². The number of nitrogens with zero attached hydrogens (tertiary/aromatic N) is 2. The minimum Gasteiger partial charge on any atom is -0.347 e. The van der Waals surface area contributed by atoms with Crippen molar-refractivity contribution in [2.24, 2.45) is 0 Å². The Bertz CT molecular complexity index is 1100. The highest BCUT2D eigenvalue weighted by Crippen LogP contribution is 2.23. The van der Waals surface area contributed by atoms with E-state index in [0.717, 1.165) is 17.4 Å². The number of anilines is 1. The third-order valence-electron chi connectivity index (χ3n) is 3.96. The van der Waals surface area contributed by atoms with Crippen LogP contribution in [0.15, 0.2) is 29.2 Å². The van der Waals surface area contributed by atoms with Crippen LogP contribution in [-0.2, 0) is 6.54 Å². The van der Waals surface area contributed by atoms with Crippen LogP contribution in [0.25, 0.3) is 10.9 Å². The van der Waals surface area contributed by atoms with E-state index in [-0.39, 0.29) is 21.9 Å². The van der Waals surface area contributed by atoms with Crippen molar-refractivity contribution in [3.8, 4) is 0 Å². The Hall–Kier alpha value is -2.87. The predicted octanol–water partition coefficient (Wildman–Crippen LogP) is 3.38. The molecule has 6 nitrogen and oxygen atoms in total. The van der Waals surface area contributed by atoms with E-state index in [1.54, 1.807) is 11.5 Å². The standard InChI is InChI=1S/C18H16FN3O3S/c1-4-22-8-13(15(24)12-7-11(19)5-6-14(12)22)17(25)21-18-20-9(2)16(26-18)10(3)23/h5-8H,4H2,1-3H3,(H,20,21,25). The van der Waals surface area contributed by atoms with Crippen molar-refractivity contribution in [2.45, 2.75) is 27.3 Å². The lowest BCUT2D eigenvalue weighted by Crippen LogP contribution is -2.24. The molecule has 2 heterocycles. The van der Waals surface area contributed by atoms with Crippen LogP contribution in [-0.4, -0.2) is 21.2 Å². The molecule has 1 aromatic carbocycles. The fraction of sp³-hybridized carbons (Fsp3) is 0.222. The van der Waals surface area contributed by atoms with Gasteiger partial charge in [0.05, 0.1) is 16.1 Å². The van der Waals surface area contributed by atoms with Crippen molar-refractivity contribution in [1.82, 2.24) is 9.55 Å². The predicted molar refractivity (Wildman–Crippen MR) is 98.6 cm³/mol. The maximum absolute atomic E-state index is 13.6. The molecule has 0 saturated heterocycles. The highest BCUT2D eigenvalue weighted by Gasteiger charge is 2.18. The van der Waals surface area contributed by atoms with Gasteiger partial charge in [-0.3, -0.25) is 19.7 Å². The summed E-state index contributed by atoms with van der Waals surface area (Å²) in [5, 5.41) is 2.93. The maximum Gasteiger partial charge on any atom is 0.262 e. The SMILES string of the molecule is CCn1cc(C(=O)Nc2nc(C)c(C(C)=O)s2)c(=O)c2cc(F)ccc21. The van der Waals surface area contributed by atoms with Crippen molar-refractivity contribution in [2.75, 3.05) is 5.32 Å². The van der Waals surface area contributed by atoms with Gasteiger partial charge in [0.2, 0.25) is 5.43 Å². The van der Waals surface area contributed by atoms with Crippen LogP contribution in [0.2, 0.25) is 0 Å². The van der Waals surface area contributed by atoms with Gasteiger partial charge in [-0.2, -0.15) is 0 Å². The van der Waals surface area contributed by atoms with Crippen LogP contribution < -0.4 is 10.7 Å². The molecule has 1 N–H and O–H groups in total. The number of benzene rings is 1. The van der Waals surface area contributed by atoms with Crippen LogP contribution in [0, 0.1) is 12.7 Å². The molecule has 0 spiro atoms. The van der Waals surface area contributed by atoms with E-state index in [1.807, 2.05) is 6.92 Å². The average molecular weight is 373 g/mol. The molecule has 0 aliphatic rings. The first kappa shape index (κ1) is 17.9. The van der Waals surface area contributed by atoms with Gasteiger partial charge in [0, 0.05) is 25.1 Å². The number of amides is 1. The van der Waals surface area contributed by atoms with Gasteiger partial charge in [0.15, 0.2) is 10.9 Å². The summed E-state index contributed by atoms with van der Waals surface area (Å²) in [6.07, 6.45) is 1.45. The normalized spacial score (nSPS) is 10.9. The molecule has 0 radical (unpaired) electrons. The summed E-state index contributed by atoms with van der Waals surface area (Å²) in [6.45, 7) is 5.46. The van der Waals surface area contributed by atoms with E-state index in [0.29, 0.717) is 22.6 Å². The highest BCUT2D eigenvalue weighted by atomic mass is 32.1. The van der Waals surface area contributed by atoms with Crippen LogP contribution >= 0.6 is 11.3 Å².